The van der Waals surface area contributed by atoms with E-state index in [2.05, 4.69) is 40.7 Å². The second-order valence-electron chi connectivity index (χ2n) is 7.27. The van der Waals surface area contributed by atoms with Crippen LogP contribution in [0.5, 0.6) is 0 Å². The maximum atomic E-state index is 12.5. The van der Waals surface area contributed by atoms with Gasteiger partial charge in [-0.3, -0.25) is 4.79 Å². The highest BCUT2D eigenvalue weighted by Gasteiger charge is 2.20. The molecule has 0 spiro atoms. The van der Waals surface area contributed by atoms with Gasteiger partial charge in [-0.2, -0.15) is 0 Å². The highest BCUT2D eigenvalue weighted by Crippen LogP contribution is 2.35. The van der Waals surface area contributed by atoms with Gasteiger partial charge in [0, 0.05) is 24.2 Å². The molecule has 0 atom stereocenters. The fraction of sp³-hybridized carbons (Fsp3) is 0.111. The van der Waals surface area contributed by atoms with Gasteiger partial charge in [0.05, 0.1) is 17.1 Å². The van der Waals surface area contributed by atoms with Crippen LogP contribution >= 0.6 is 11.8 Å². The Kier molecular flexibility index (Phi) is 7.20. The summed E-state index contributed by atoms with van der Waals surface area (Å²) in [5.74, 6) is 0.276. The number of amides is 1. The summed E-state index contributed by atoms with van der Waals surface area (Å²) in [6.45, 7) is 5.06. The number of allylic oxidation sites excluding steroid dienone is 1. The molecule has 0 saturated carbocycles. The lowest BCUT2D eigenvalue weighted by Gasteiger charge is -2.11. The van der Waals surface area contributed by atoms with Gasteiger partial charge in [-0.05, 0) is 5.56 Å². The maximum absolute atomic E-state index is 12.5. The molecule has 1 amide bonds. The highest BCUT2D eigenvalue weighted by molar-refractivity contribution is 7.99. The monoisotopic (exact) mass is 439 g/mol. The van der Waals surface area contributed by atoms with Crippen LogP contribution < -0.4 is 5.32 Å². The van der Waals surface area contributed by atoms with Crippen LogP contribution in [0.4, 0.5) is 0 Å². The van der Waals surface area contributed by atoms with Crippen molar-refractivity contribution in [3.8, 4) is 22.5 Å². The van der Waals surface area contributed by atoms with E-state index < -0.39 is 0 Å². The van der Waals surface area contributed by atoms with E-state index in [9.17, 15) is 4.79 Å². The molecule has 0 unspecified atom stereocenters. The SMILES string of the molecule is C=CCn1c(SCC(=O)NCc2ccccc2)nc(-c2ccccc2)c1-c1ccccc1. The number of nitrogens with zero attached hydrogens (tertiary/aromatic N) is 2. The van der Waals surface area contributed by atoms with Gasteiger partial charge in [-0.25, -0.2) is 4.98 Å². The Bertz CT molecular complexity index is 1170. The van der Waals surface area contributed by atoms with Crippen LogP contribution in [0.1, 0.15) is 5.56 Å². The van der Waals surface area contributed by atoms with E-state index in [0.717, 1.165) is 33.2 Å². The molecule has 1 N–H and O–H groups in total. The molecule has 4 nitrogen and oxygen atoms in total. The Labute approximate surface area is 193 Å². The molecule has 0 fully saturated rings. The second-order valence-corrected chi connectivity index (χ2v) is 8.22. The third-order valence-corrected chi connectivity index (χ3v) is 5.98. The first-order valence-electron chi connectivity index (χ1n) is 10.5. The van der Waals surface area contributed by atoms with Crippen LogP contribution in [0, 0.1) is 0 Å². The summed E-state index contributed by atoms with van der Waals surface area (Å²) in [5.41, 5.74) is 5.15. The number of nitrogens with one attached hydrogen (secondary N) is 1. The number of hydrogen-bond donors (Lipinski definition) is 1. The van der Waals surface area contributed by atoms with Gasteiger partial charge >= 0.3 is 0 Å². The minimum atomic E-state index is -0.0190. The number of rotatable bonds is 9. The summed E-state index contributed by atoms with van der Waals surface area (Å²) in [5, 5.41) is 3.79. The molecule has 1 aromatic heterocycles. The third-order valence-electron chi connectivity index (χ3n) is 5.00. The normalized spacial score (nSPS) is 10.6. The Morgan fingerprint density at radius 3 is 2.12 bits per heavy atom. The zero-order valence-electron chi connectivity index (χ0n) is 17.8. The molecule has 32 heavy (non-hydrogen) atoms. The zero-order chi connectivity index (χ0) is 22.2. The molecular weight excluding hydrogens is 414 g/mol. The Morgan fingerprint density at radius 1 is 0.906 bits per heavy atom. The predicted octanol–water partition coefficient (Wildman–Crippen LogP) is 5.81. The summed E-state index contributed by atoms with van der Waals surface area (Å²) >= 11 is 1.45. The summed E-state index contributed by atoms with van der Waals surface area (Å²) in [4.78, 5) is 17.5. The first-order chi connectivity index (χ1) is 15.8. The van der Waals surface area contributed by atoms with Crippen molar-refractivity contribution in [3.05, 3.63) is 109 Å². The highest BCUT2D eigenvalue weighted by atomic mass is 32.2. The standard InChI is InChI=1S/C27H25N3OS/c1-2-18-30-26(23-16-10-5-11-17-23)25(22-14-8-4-9-15-22)29-27(30)32-20-24(31)28-19-21-12-6-3-7-13-21/h2-17H,1,18-20H2,(H,28,31). The van der Waals surface area contributed by atoms with Gasteiger partial charge < -0.3 is 9.88 Å². The average Bonchev–Trinajstić information content (AvgIpc) is 3.21. The van der Waals surface area contributed by atoms with E-state index >= 15 is 0 Å². The van der Waals surface area contributed by atoms with E-state index in [-0.39, 0.29) is 5.91 Å². The van der Waals surface area contributed by atoms with E-state index in [1.54, 1.807) is 0 Å². The lowest BCUT2D eigenvalue weighted by Crippen LogP contribution is -2.24. The number of thioether (sulfide) groups is 1. The molecular formula is C27H25N3OS. The average molecular weight is 440 g/mol. The number of hydrogen-bond acceptors (Lipinski definition) is 3. The van der Waals surface area contributed by atoms with Crippen molar-refractivity contribution in [1.82, 2.24) is 14.9 Å². The number of benzene rings is 3. The topological polar surface area (TPSA) is 46.9 Å². The molecule has 0 aliphatic rings. The van der Waals surface area contributed by atoms with Crippen LogP contribution in [-0.4, -0.2) is 21.2 Å². The Morgan fingerprint density at radius 2 is 1.50 bits per heavy atom. The van der Waals surface area contributed by atoms with Gasteiger partial charge in [-0.15, -0.1) is 6.58 Å². The van der Waals surface area contributed by atoms with E-state index in [1.807, 2.05) is 72.8 Å². The lowest BCUT2D eigenvalue weighted by molar-refractivity contribution is -0.118. The Balaban J connectivity index is 1.61. The van der Waals surface area contributed by atoms with Crippen molar-refractivity contribution >= 4 is 17.7 Å². The summed E-state index contributed by atoms with van der Waals surface area (Å²) < 4.78 is 2.14. The molecule has 4 rings (SSSR count). The van der Waals surface area contributed by atoms with Gasteiger partial charge in [0.25, 0.3) is 0 Å². The van der Waals surface area contributed by atoms with Gasteiger partial charge in [0.2, 0.25) is 5.91 Å². The molecule has 0 saturated heterocycles. The van der Waals surface area contributed by atoms with Crippen LogP contribution in [0.3, 0.4) is 0 Å². The van der Waals surface area contributed by atoms with Gasteiger partial charge in [-0.1, -0.05) is 109 Å². The molecule has 5 heteroatoms. The number of imidazole rings is 1. The Hall–Kier alpha value is -3.57. The zero-order valence-corrected chi connectivity index (χ0v) is 18.6. The first kappa shape index (κ1) is 21.7. The predicted molar refractivity (Wildman–Crippen MR) is 132 cm³/mol. The van der Waals surface area contributed by atoms with Gasteiger partial charge in [0.15, 0.2) is 5.16 Å². The van der Waals surface area contributed by atoms with E-state index in [1.165, 1.54) is 11.8 Å². The third kappa shape index (κ3) is 5.18. The molecule has 0 bridgehead atoms. The van der Waals surface area contributed by atoms with Crippen molar-refractivity contribution in [2.45, 2.75) is 18.2 Å². The minimum absolute atomic E-state index is 0.0190. The van der Waals surface area contributed by atoms with Crippen molar-refractivity contribution < 1.29 is 4.79 Å². The van der Waals surface area contributed by atoms with Crippen molar-refractivity contribution in [1.29, 1.82) is 0 Å². The first-order valence-corrected chi connectivity index (χ1v) is 11.5. The number of aromatic nitrogens is 2. The number of carbonyl (C=O) groups excluding carboxylic acids is 1. The molecule has 160 valence electrons. The smallest absolute Gasteiger partial charge is 0.230 e. The summed E-state index contributed by atoms with van der Waals surface area (Å²) in [6.07, 6.45) is 1.86. The summed E-state index contributed by atoms with van der Waals surface area (Å²) in [7, 11) is 0. The quantitative estimate of drug-likeness (QED) is 0.264. The fourth-order valence-corrected chi connectivity index (χ4v) is 4.34. The fourth-order valence-electron chi connectivity index (χ4n) is 3.50. The van der Waals surface area contributed by atoms with Gasteiger partial charge in [0.1, 0.15) is 0 Å². The molecule has 1 heterocycles. The van der Waals surface area contributed by atoms with Crippen LogP contribution in [0.2, 0.25) is 0 Å². The van der Waals surface area contributed by atoms with Crippen molar-refractivity contribution in [2.75, 3.05) is 5.75 Å². The molecule has 0 aliphatic heterocycles. The molecule has 4 aromatic rings. The van der Waals surface area contributed by atoms with E-state index in [4.69, 9.17) is 4.98 Å². The molecule has 0 radical (unpaired) electrons. The van der Waals surface area contributed by atoms with E-state index in [0.29, 0.717) is 18.8 Å². The second kappa shape index (κ2) is 10.6. The van der Waals surface area contributed by atoms with Crippen LogP contribution in [-0.2, 0) is 17.9 Å². The number of carbonyl (C=O) groups is 1. The molecule has 0 aliphatic carbocycles. The van der Waals surface area contributed by atoms with Crippen LogP contribution in [0.25, 0.3) is 22.5 Å². The van der Waals surface area contributed by atoms with Crippen molar-refractivity contribution in [2.24, 2.45) is 0 Å². The van der Waals surface area contributed by atoms with Crippen LogP contribution in [0.15, 0.2) is 109 Å². The maximum Gasteiger partial charge on any atom is 0.230 e. The largest absolute Gasteiger partial charge is 0.351 e. The minimum Gasteiger partial charge on any atom is -0.351 e. The lowest BCUT2D eigenvalue weighted by atomic mass is 10.0. The molecule has 3 aromatic carbocycles. The van der Waals surface area contributed by atoms with Crippen molar-refractivity contribution in [3.63, 3.8) is 0 Å². The summed E-state index contributed by atoms with van der Waals surface area (Å²) in [6, 6.07) is 30.3.